The Labute approximate surface area is 119 Å². The maximum atomic E-state index is 6.22. The monoisotopic (exact) mass is 274 g/mol. The van der Waals surface area contributed by atoms with Crippen LogP contribution >= 0.6 is 0 Å². The van der Waals surface area contributed by atoms with Gasteiger partial charge in [-0.3, -0.25) is 4.68 Å². The van der Waals surface area contributed by atoms with Crippen LogP contribution in [0.3, 0.4) is 0 Å². The van der Waals surface area contributed by atoms with Gasteiger partial charge in [-0.2, -0.15) is 5.10 Å². The maximum Gasteiger partial charge on any atom is 0.138 e. The molecule has 0 fully saturated rings. The van der Waals surface area contributed by atoms with Crippen molar-refractivity contribution in [3.05, 3.63) is 42.0 Å². The lowest BCUT2D eigenvalue weighted by Gasteiger charge is -2.12. The van der Waals surface area contributed by atoms with Crippen LogP contribution in [-0.2, 0) is 19.4 Å². The fraction of sp³-hybridized carbons (Fsp3) is 0.467. The highest BCUT2D eigenvalue weighted by molar-refractivity contribution is 5.27. The summed E-state index contributed by atoms with van der Waals surface area (Å²) in [5.74, 6) is 1.83. The van der Waals surface area contributed by atoms with Crippen molar-refractivity contribution in [3.8, 4) is 5.75 Å². The van der Waals surface area contributed by atoms with E-state index >= 15 is 0 Å². The van der Waals surface area contributed by atoms with E-state index in [4.69, 9.17) is 10.5 Å². The highest BCUT2D eigenvalue weighted by atomic mass is 16.5. The van der Waals surface area contributed by atoms with Gasteiger partial charge in [0, 0.05) is 19.0 Å². The van der Waals surface area contributed by atoms with Crippen LogP contribution in [-0.4, -0.2) is 27.9 Å². The smallest absolute Gasteiger partial charge is 0.138 e. The highest BCUT2D eigenvalue weighted by Gasteiger charge is 2.10. The maximum absolute atomic E-state index is 6.22. The van der Waals surface area contributed by atoms with Crippen LogP contribution < -0.4 is 10.5 Å². The van der Waals surface area contributed by atoms with Gasteiger partial charge in [-0.15, -0.1) is 0 Å². The van der Waals surface area contributed by atoms with E-state index in [-0.39, 0.29) is 6.04 Å². The molecule has 2 N–H and O–H groups in total. The predicted molar refractivity (Wildman–Crippen MR) is 78.7 cm³/mol. The Balaban J connectivity index is 1.94. The number of aromatic nitrogens is 3. The molecule has 5 nitrogen and oxygen atoms in total. The third-order valence-corrected chi connectivity index (χ3v) is 3.23. The first-order valence-corrected chi connectivity index (χ1v) is 6.98. The number of hydrogen-bond donors (Lipinski definition) is 1. The van der Waals surface area contributed by atoms with Crippen LogP contribution in [0.25, 0.3) is 0 Å². The number of hydrogen-bond acceptors (Lipinski definition) is 4. The summed E-state index contributed by atoms with van der Waals surface area (Å²) in [6.07, 6.45) is 4.21. The Morgan fingerprint density at radius 3 is 2.65 bits per heavy atom. The number of aryl methyl sites for hydroxylation is 1. The molecule has 0 aliphatic rings. The summed E-state index contributed by atoms with van der Waals surface area (Å²) in [5, 5.41) is 4.22. The van der Waals surface area contributed by atoms with Crippen LogP contribution in [0.4, 0.5) is 0 Å². The van der Waals surface area contributed by atoms with Gasteiger partial charge < -0.3 is 10.5 Å². The van der Waals surface area contributed by atoms with Gasteiger partial charge in [0.15, 0.2) is 0 Å². The second-order valence-electron chi connectivity index (χ2n) is 4.92. The molecule has 0 radical (unpaired) electrons. The average Bonchev–Trinajstić information content (AvgIpc) is 2.87. The number of nitrogens with zero attached hydrogens (tertiary/aromatic N) is 3. The summed E-state index contributed by atoms with van der Waals surface area (Å²) < 4.78 is 7.09. The SMILES string of the molecule is CCCn1ncnc1CC(N)Cc1ccc(OC)cc1. The molecule has 2 aromatic rings. The molecule has 0 aliphatic carbocycles. The van der Waals surface area contributed by atoms with Gasteiger partial charge in [0.2, 0.25) is 0 Å². The number of rotatable bonds is 7. The molecule has 1 heterocycles. The van der Waals surface area contributed by atoms with Crippen LogP contribution in [0.5, 0.6) is 5.75 Å². The van der Waals surface area contributed by atoms with Crippen molar-refractivity contribution in [1.82, 2.24) is 14.8 Å². The standard InChI is InChI=1S/C15H22N4O/c1-3-8-19-15(17-11-18-19)10-13(16)9-12-4-6-14(20-2)7-5-12/h4-7,11,13H,3,8-10,16H2,1-2H3. The minimum absolute atomic E-state index is 0.0446. The van der Waals surface area contributed by atoms with Crippen molar-refractivity contribution < 1.29 is 4.74 Å². The fourth-order valence-corrected chi connectivity index (χ4v) is 2.22. The van der Waals surface area contributed by atoms with Crippen molar-refractivity contribution in [2.45, 2.75) is 38.8 Å². The van der Waals surface area contributed by atoms with E-state index in [1.165, 1.54) is 5.56 Å². The van der Waals surface area contributed by atoms with Gasteiger partial charge in [0.1, 0.15) is 17.9 Å². The van der Waals surface area contributed by atoms with E-state index in [2.05, 4.69) is 29.1 Å². The van der Waals surface area contributed by atoms with Crippen molar-refractivity contribution in [2.75, 3.05) is 7.11 Å². The lowest BCUT2D eigenvalue weighted by atomic mass is 10.0. The van der Waals surface area contributed by atoms with E-state index in [1.54, 1.807) is 13.4 Å². The van der Waals surface area contributed by atoms with Crippen molar-refractivity contribution >= 4 is 0 Å². The Morgan fingerprint density at radius 2 is 2.00 bits per heavy atom. The second kappa shape index (κ2) is 7.05. The third kappa shape index (κ3) is 3.81. The molecule has 2 rings (SSSR count). The fourth-order valence-electron chi connectivity index (χ4n) is 2.22. The van der Waals surface area contributed by atoms with Crippen LogP contribution in [0.15, 0.2) is 30.6 Å². The molecule has 5 heteroatoms. The zero-order valence-electron chi connectivity index (χ0n) is 12.1. The molecule has 0 saturated carbocycles. The quantitative estimate of drug-likeness (QED) is 0.836. The number of benzene rings is 1. The zero-order valence-corrected chi connectivity index (χ0v) is 12.1. The molecular weight excluding hydrogens is 252 g/mol. The summed E-state index contributed by atoms with van der Waals surface area (Å²) in [4.78, 5) is 4.30. The minimum Gasteiger partial charge on any atom is -0.497 e. The molecular formula is C15H22N4O. The van der Waals surface area contributed by atoms with E-state index in [0.29, 0.717) is 0 Å². The van der Waals surface area contributed by atoms with Crippen LogP contribution in [0.2, 0.25) is 0 Å². The van der Waals surface area contributed by atoms with E-state index in [9.17, 15) is 0 Å². The largest absolute Gasteiger partial charge is 0.497 e. The van der Waals surface area contributed by atoms with Crippen molar-refractivity contribution in [3.63, 3.8) is 0 Å². The second-order valence-corrected chi connectivity index (χ2v) is 4.92. The van der Waals surface area contributed by atoms with Gasteiger partial charge in [0.25, 0.3) is 0 Å². The van der Waals surface area contributed by atoms with E-state index in [1.807, 2.05) is 16.8 Å². The number of methoxy groups -OCH3 is 1. The summed E-state index contributed by atoms with van der Waals surface area (Å²) in [6.45, 7) is 3.02. The third-order valence-electron chi connectivity index (χ3n) is 3.23. The Morgan fingerprint density at radius 1 is 1.25 bits per heavy atom. The topological polar surface area (TPSA) is 66.0 Å². The Bertz CT molecular complexity index is 521. The van der Waals surface area contributed by atoms with E-state index < -0.39 is 0 Å². The Kier molecular flexibility index (Phi) is 5.12. The number of nitrogens with two attached hydrogens (primary N) is 1. The molecule has 0 aliphatic heterocycles. The normalized spacial score (nSPS) is 12.3. The van der Waals surface area contributed by atoms with Crippen LogP contribution in [0.1, 0.15) is 24.7 Å². The summed E-state index contributed by atoms with van der Waals surface area (Å²) >= 11 is 0. The molecule has 0 amide bonds. The molecule has 108 valence electrons. The molecule has 1 aromatic heterocycles. The Hall–Kier alpha value is -1.88. The van der Waals surface area contributed by atoms with Gasteiger partial charge in [-0.1, -0.05) is 19.1 Å². The molecule has 1 atom stereocenters. The summed E-state index contributed by atoms with van der Waals surface area (Å²) in [7, 11) is 1.67. The van der Waals surface area contributed by atoms with Gasteiger partial charge in [-0.05, 0) is 30.5 Å². The minimum atomic E-state index is 0.0446. The molecule has 0 bridgehead atoms. The molecule has 20 heavy (non-hydrogen) atoms. The first-order valence-electron chi connectivity index (χ1n) is 6.98. The molecule has 1 aromatic carbocycles. The first-order chi connectivity index (χ1) is 9.72. The van der Waals surface area contributed by atoms with Gasteiger partial charge in [0.05, 0.1) is 7.11 Å². The van der Waals surface area contributed by atoms with E-state index in [0.717, 1.165) is 37.4 Å². The molecule has 0 spiro atoms. The number of ether oxygens (including phenoxy) is 1. The lowest BCUT2D eigenvalue weighted by molar-refractivity contribution is 0.414. The van der Waals surface area contributed by atoms with Gasteiger partial charge >= 0.3 is 0 Å². The highest BCUT2D eigenvalue weighted by Crippen LogP contribution is 2.13. The molecule has 0 saturated heterocycles. The predicted octanol–water partition coefficient (Wildman–Crippen LogP) is 1.81. The van der Waals surface area contributed by atoms with Gasteiger partial charge in [-0.25, -0.2) is 4.98 Å². The first kappa shape index (κ1) is 14.5. The van der Waals surface area contributed by atoms with Crippen LogP contribution in [0, 0.1) is 0 Å². The lowest BCUT2D eigenvalue weighted by Crippen LogP contribution is -2.27. The van der Waals surface area contributed by atoms with Crippen molar-refractivity contribution in [2.24, 2.45) is 5.73 Å². The summed E-state index contributed by atoms with van der Waals surface area (Å²) in [6, 6.07) is 8.07. The zero-order chi connectivity index (χ0) is 14.4. The van der Waals surface area contributed by atoms with Crippen molar-refractivity contribution in [1.29, 1.82) is 0 Å². The molecule has 1 unspecified atom stereocenters. The summed E-state index contributed by atoms with van der Waals surface area (Å²) in [5.41, 5.74) is 7.43. The average molecular weight is 274 g/mol.